The number of benzene rings is 1. The van der Waals surface area contributed by atoms with Crippen LogP contribution >= 0.6 is 0 Å². The second-order valence-electron chi connectivity index (χ2n) is 4.95. The molecule has 3 rings (SSSR count). The molecule has 0 amide bonds. The molecule has 1 aliphatic heterocycles. The van der Waals surface area contributed by atoms with Crippen molar-refractivity contribution < 1.29 is 18.7 Å². The van der Waals surface area contributed by atoms with Crippen molar-refractivity contribution in [3.63, 3.8) is 0 Å². The van der Waals surface area contributed by atoms with E-state index in [-0.39, 0.29) is 5.92 Å². The summed E-state index contributed by atoms with van der Waals surface area (Å²) in [5, 5.41) is 3.97. The number of aromatic nitrogens is 2. The van der Waals surface area contributed by atoms with Crippen LogP contribution in [-0.4, -0.2) is 37.6 Å². The van der Waals surface area contributed by atoms with Crippen LogP contribution in [0.4, 0.5) is 0 Å². The van der Waals surface area contributed by atoms with E-state index in [1.54, 1.807) is 14.2 Å². The van der Waals surface area contributed by atoms with Crippen molar-refractivity contribution in [2.75, 3.05) is 27.4 Å². The fraction of sp³-hybridized carbons (Fsp3) is 0.467. The molecule has 1 aromatic carbocycles. The summed E-state index contributed by atoms with van der Waals surface area (Å²) < 4.78 is 21.5. The summed E-state index contributed by atoms with van der Waals surface area (Å²) >= 11 is 0. The highest BCUT2D eigenvalue weighted by Crippen LogP contribution is 2.38. The molecule has 0 N–H and O–H groups in total. The summed E-state index contributed by atoms with van der Waals surface area (Å²) in [6.45, 7) is 1.10. The number of nitrogens with zero attached hydrogens (tertiary/aromatic N) is 2. The molecular formula is C15H18N2O4. The molecule has 1 aromatic heterocycles. The molecule has 2 heterocycles. The average Bonchev–Trinajstić information content (AvgIpc) is 3.00. The van der Waals surface area contributed by atoms with Crippen molar-refractivity contribution in [1.29, 1.82) is 0 Å². The predicted molar refractivity (Wildman–Crippen MR) is 74.8 cm³/mol. The lowest BCUT2D eigenvalue weighted by atomic mass is 9.96. The molecule has 0 unspecified atom stereocenters. The summed E-state index contributed by atoms with van der Waals surface area (Å²) in [6, 6.07) is 5.89. The van der Waals surface area contributed by atoms with Crippen LogP contribution in [0.1, 0.15) is 23.2 Å². The standard InChI is InChI=1S/C15H18N2O4/c1-18-7-6-13-16-15(21-17-13)11-8-10-4-3-5-12(19-2)14(10)20-9-11/h3-5,11H,6-9H2,1-2H3/t11-/m1/s1. The first-order chi connectivity index (χ1) is 10.3. The van der Waals surface area contributed by atoms with Gasteiger partial charge in [0.15, 0.2) is 17.3 Å². The Morgan fingerprint density at radius 3 is 3.05 bits per heavy atom. The number of hydrogen-bond donors (Lipinski definition) is 0. The van der Waals surface area contributed by atoms with Crippen molar-refractivity contribution >= 4 is 0 Å². The van der Waals surface area contributed by atoms with E-state index in [9.17, 15) is 0 Å². The minimum absolute atomic E-state index is 0.0772. The topological polar surface area (TPSA) is 66.6 Å². The molecule has 0 bridgehead atoms. The third-order valence-electron chi connectivity index (χ3n) is 3.54. The van der Waals surface area contributed by atoms with Gasteiger partial charge in [-0.3, -0.25) is 0 Å². The number of fused-ring (bicyclic) bond motifs is 1. The molecule has 0 aliphatic carbocycles. The van der Waals surface area contributed by atoms with Crippen molar-refractivity contribution in [2.24, 2.45) is 0 Å². The fourth-order valence-electron chi connectivity index (χ4n) is 2.44. The third kappa shape index (κ3) is 2.85. The van der Waals surface area contributed by atoms with Crippen LogP contribution in [0.5, 0.6) is 11.5 Å². The molecule has 0 fully saturated rings. The highest BCUT2D eigenvalue weighted by atomic mass is 16.5. The lowest BCUT2D eigenvalue weighted by Gasteiger charge is -2.24. The van der Waals surface area contributed by atoms with Crippen LogP contribution in [0.25, 0.3) is 0 Å². The van der Waals surface area contributed by atoms with Gasteiger partial charge < -0.3 is 18.7 Å². The summed E-state index contributed by atoms with van der Waals surface area (Å²) in [5.41, 5.74) is 1.10. The van der Waals surface area contributed by atoms with Crippen molar-refractivity contribution in [1.82, 2.24) is 10.1 Å². The van der Waals surface area contributed by atoms with E-state index >= 15 is 0 Å². The smallest absolute Gasteiger partial charge is 0.233 e. The van der Waals surface area contributed by atoms with E-state index in [2.05, 4.69) is 10.1 Å². The Morgan fingerprint density at radius 2 is 2.24 bits per heavy atom. The number of hydrogen-bond acceptors (Lipinski definition) is 6. The van der Waals surface area contributed by atoms with Crippen LogP contribution in [0, 0.1) is 0 Å². The molecule has 0 radical (unpaired) electrons. The average molecular weight is 290 g/mol. The Kier molecular flexibility index (Phi) is 4.06. The summed E-state index contributed by atoms with van der Waals surface area (Å²) in [4.78, 5) is 4.42. The van der Waals surface area contributed by atoms with E-state index in [1.807, 2.05) is 18.2 Å². The molecular weight excluding hydrogens is 272 g/mol. The van der Waals surface area contributed by atoms with E-state index in [4.69, 9.17) is 18.7 Å². The molecule has 0 saturated heterocycles. The van der Waals surface area contributed by atoms with Crippen molar-refractivity contribution in [3.05, 3.63) is 35.5 Å². The quantitative estimate of drug-likeness (QED) is 0.839. The lowest BCUT2D eigenvalue weighted by Crippen LogP contribution is -2.20. The minimum atomic E-state index is 0.0772. The maximum atomic E-state index is 5.83. The largest absolute Gasteiger partial charge is 0.493 e. The van der Waals surface area contributed by atoms with Gasteiger partial charge in [-0.25, -0.2) is 0 Å². The monoisotopic (exact) mass is 290 g/mol. The minimum Gasteiger partial charge on any atom is -0.493 e. The van der Waals surface area contributed by atoms with E-state index in [1.165, 1.54) is 0 Å². The Bertz CT molecular complexity index is 611. The summed E-state index contributed by atoms with van der Waals surface area (Å²) in [5.74, 6) is 2.94. The van der Waals surface area contributed by atoms with Crippen LogP contribution in [0.3, 0.4) is 0 Å². The predicted octanol–water partition coefficient (Wildman–Crippen LogP) is 1.99. The van der Waals surface area contributed by atoms with Crippen LogP contribution in [-0.2, 0) is 17.6 Å². The van der Waals surface area contributed by atoms with Crippen LogP contribution < -0.4 is 9.47 Å². The first-order valence-electron chi connectivity index (χ1n) is 6.92. The Hall–Kier alpha value is -2.08. The maximum Gasteiger partial charge on any atom is 0.233 e. The van der Waals surface area contributed by atoms with Gasteiger partial charge in [0.05, 0.1) is 19.6 Å². The van der Waals surface area contributed by atoms with Gasteiger partial charge in [-0.15, -0.1) is 0 Å². The van der Waals surface area contributed by atoms with Gasteiger partial charge >= 0.3 is 0 Å². The van der Waals surface area contributed by atoms with Crippen LogP contribution in [0.2, 0.25) is 0 Å². The van der Waals surface area contributed by atoms with Gasteiger partial charge in [-0.2, -0.15) is 4.98 Å². The highest BCUT2D eigenvalue weighted by Gasteiger charge is 2.27. The number of rotatable bonds is 5. The Balaban J connectivity index is 1.75. The molecule has 21 heavy (non-hydrogen) atoms. The maximum absolute atomic E-state index is 5.83. The molecule has 2 aromatic rings. The molecule has 6 nitrogen and oxygen atoms in total. The van der Waals surface area contributed by atoms with Gasteiger partial charge in [-0.05, 0) is 18.1 Å². The SMILES string of the molecule is COCCc1noc([C@H]2COc3c(cccc3OC)C2)n1. The fourth-order valence-corrected chi connectivity index (χ4v) is 2.44. The molecule has 112 valence electrons. The van der Waals surface area contributed by atoms with E-state index in [0.29, 0.717) is 31.3 Å². The zero-order valence-corrected chi connectivity index (χ0v) is 12.2. The van der Waals surface area contributed by atoms with Crippen molar-refractivity contribution in [2.45, 2.75) is 18.8 Å². The highest BCUT2D eigenvalue weighted by molar-refractivity contribution is 5.48. The van der Waals surface area contributed by atoms with Gasteiger partial charge in [0.1, 0.15) is 6.61 Å². The zero-order valence-electron chi connectivity index (χ0n) is 12.2. The van der Waals surface area contributed by atoms with Gasteiger partial charge in [0.25, 0.3) is 0 Å². The van der Waals surface area contributed by atoms with Gasteiger partial charge in [0.2, 0.25) is 5.89 Å². The first-order valence-corrected chi connectivity index (χ1v) is 6.92. The molecule has 0 saturated carbocycles. The third-order valence-corrected chi connectivity index (χ3v) is 3.54. The van der Waals surface area contributed by atoms with Gasteiger partial charge in [0, 0.05) is 13.5 Å². The Morgan fingerprint density at radius 1 is 1.33 bits per heavy atom. The summed E-state index contributed by atoms with van der Waals surface area (Å²) in [6.07, 6.45) is 1.45. The molecule has 6 heteroatoms. The first kappa shape index (κ1) is 13.9. The normalized spacial score (nSPS) is 17.1. The van der Waals surface area contributed by atoms with Crippen molar-refractivity contribution in [3.8, 4) is 11.5 Å². The molecule has 1 atom stereocenters. The van der Waals surface area contributed by atoms with Gasteiger partial charge in [-0.1, -0.05) is 17.3 Å². The lowest BCUT2D eigenvalue weighted by molar-refractivity contribution is 0.199. The molecule has 1 aliphatic rings. The second kappa shape index (κ2) is 6.13. The molecule has 0 spiro atoms. The number of ether oxygens (including phenoxy) is 3. The van der Waals surface area contributed by atoms with Crippen LogP contribution in [0.15, 0.2) is 22.7 Å². The van der Waals surface area contributed by atoms with E-state index in [0.717, 1.165) is 23.5 Å². The zero-order chi connectivity index (χ0) is 14.7. The Labute approximate surface area is 123 Å². The van der Waals surface area contributed by atoms with E-state index < -0.39 is 0 Å². The number of para-hydroxylation sites is 1. The summed E-state index contributed by atoms with van der Waals surface area (Å²) in [7, 11) is 3.30. The second-order valence-corrected chi connectivity index (χ2v) is 4.95. The number of methoxy groups -OCH3 is 2.